The Labute approximate surface area is 192 Å². The number of benzene rings is 1. The highest BCUT2D eigenvalue weighted by atomic mass is 16.5. The van der Waals surface area contributed by atoms with Crippen molar-refractivity contribution in [3.05, 3.63) is 60.6 Å². The van der Waals surface area contributed by atoms with Gasteiger partial charge in [0.15, 0.2) is 0 Å². The fraction of sp³-hybridized carbons (Fsp3) is 0.292. The van der Waals surface area contributed by atoms with Gasteiger partial charge in [-0.3, -0.25) is 9.78 Å². The average molecular weight is 450 g/mol. The van der Waals surface area contributed by atoms with Crippen LogP contribution in [0.25, 0.3) is 11.1 Å². The average Bonchev–Trinajstić information content (AvgIpc) is 2.87. The van der Waals surface area contributed by atoms with Gasteiger partial charge in [0, 0.05) is 43.5 Å². The van der Waals surface area contributed by atoms with Gasteiger partial charge in [-0.1, -0.05) is 30.3 Å². The molecule has 9 nitrogen and oxygen atoms in total. The van der Waals surface area contributed by atoms with Crippen molar-refractivity contribution >= 4 is 17.4 Å². The molecule has 0 aliphatic carbocycles. The zero-order valence-electron chi connectivity index (χ0n) is 18.6. The molecule has 3 aromatic rings. The molecule has 1 saturated heterocycles. The van der Waals surface area contributed by atoms with Crippen LogP contribution in [0.15, 0.2) is 54.9 Å². The first-order valence-corrected chi connectivity index (χ1v) is 10.6. The number of carbonyl (C=O) groups is 1. The second-order valence-corrected chi connectivity index (χ2v) is 7.70. The van der Waals surface area contributed by atoms with E-state index in [1.807, 2.05) is 35.2 Å². The van der Waals surface area contributed by atoms with Crippen LogP contribution in [0, 0.1) is 0 Å². The lowest BCUT2D eigenvalue weighted by atomic mass is 10.1. The van der Waals surface area contributed by atoms with Gasteiger partial charge in [-0.15, -0.1) is 0 Å². The lowest BCUT2D eigenvalue weighted by molar-refractivity contribution is 0.0559. The predicted octanol–water partition coefficient (Wildman–Crippen LogP) is 2.07. The normalized spacial score (nSPS) is 15.9. The van der Waals surface area contributed by atoms with Crippen molar-refractivity contribution in [2.45, 2.75) is 6.04 Å². The quantitative estimate of drug-likeness (QED) is 0.588. The molecule has 33 heavy (non-hydrogen) atoms. The second-order valence-electron chi connectivity index (χ2n) is 7.70. The number of nitrogen functional groups attached to an aromatic ring is 1. The van der Waals surface area contributed by atoms with Gasteiger partial charge in [0.05, 0.1) is 38.8 Å². The van der Waals surface area contributed by atoms with Gasteiger partial charge in [0.1, 0.15) is 23.0 Å². The van der Waals surface area contributed by atoms with E-state index in [4.69, 9.17) is 15.2 Å². The van der Waals surface area contributed by atoms with Crippen LogP contribution < -0.4 is 20.1 Å². The number of rotatable bonds is 6. The Kier molecular flexibility index (Phi) is 6.60. The SMILES string of the molecule is COc1cc(C(=O)N2CCN(c3cnc(N)cc3OC)C[C@@H]2CO)ncc1-c1ccccc1. The third-order valence-corrected chi connectivity index (χ3v) is 5.77. The molecule has 3 heterocycles. The predicted molar refractivity (Wildman–Crippen MR) is 126 cm³/mol. The van der Waals surface area contributed by atoms with Crippen molar-refractivity contribution in [2.75, 3.05) is 51.1 Å². The topological polar surface area (TPSA) is 114 Å². The zero-order chi connectivity index (χ0) is 23.4. The van der Waals surface area contributed by atoms with Crippen LogP contribution in [0.4, 0.5) is 11.5 Å². The summed E-state index contributed by atoms with van der Waals surface area (Å²) in [6, 6.07) is 12.6. The first kappa shape index (κ1) is 22.3. The van der Waals surface area contributed by atoms with E-state index < -0.39 is 6.04 Å². The number of nitrogens with two attached hydrogens (primary N) is 1. The van der Waals surface area contributed by atoms with E-state index in [9.17, 15) is 9.90 Å². The van der Waals surface area contributed by atoms with Crippen LogP contribution in [-0.4, -0.2) is 72.4 Å². The molecule has 0 spiro atoms. The first-order valence-electron chi connectivity index (χ1n) is 10.6. The summed E-state index contributed by atoms with van der Waals surface area (Å²) in [6.45, 7) is 1.18. The van der Waals surface area contributed by atoms with Gasteiger partial charge in [-0.05, 0) is 5.56 Å². The molecular weight excluding hydrogens is 422 g/mol. The van der Waals surface area contributed by atoms with Crippen molar-refractivity contribution in [3.8, 4) is 22.6 Å². The maximum atomic E-state index is 13.3. The first-order chi connectivity index (χ1) is 16.0. The minimum atomic E-state index is -0.421. The zero-order valence-corrected chi connectivity index (χ0v) is 18.6. The number of piperazine rings is 1. The number of amides is 1. The van der Waals surface area contributed by atoms with Gasteiger partial charge in [0.25, 0.3) is 5.91 Å². The minimum Gasteiger partial charge on any atom is -0.496 e. The Bertz CT molecular complexity index is 1130. The van der Waals surface area contributed by atoms with E-state index in [1.54, 1.807) is 43.6 Å². The molecule has 1 aromatic carbocycles. The van der Waals surface area contributed by atoms with Gasteiger partial charge < -0.3 is 30.1 Å². The van der Waals surface area contributed by atoms with Crippen LogP contribution in [0.3, 0.4) is 0 Å². The van der Waals surface area contributed by atoms with Gasteiger partial charge in [0.2, 0.25) is 0 Å². The molecule has 1 aliphatic heterocycles. The Morgan fingerprint density at radius 2 is 1.85 bits per heavy atom. The number of hydrogen-bond acceptors (Lipinski definition) is 8. The molecule has 0 unspecified atom stereocenters. The van der Waals surface area contributed by atoms with Crippen molar-refractivity contribution in [2.24, 2.45) is 0 Å². The molecule has 0 radical (unpaired) electrons. The molecule has 2 aromatic heterocycles. The third-order valence-electron chi connectivity index (χ3n) is 5.77. The van der Waals surface area contributed by atoms with E-state index in [2.05, 4.69) is 9.97 Å². The number of anilines is 2. The number of hydrogen-bond donors (Lipinski definition) is 2. The number of aliphatic hydroxyl groups excluding tert-OH is 1. The summed E-state index contributed by atoms with van der Waals surface area (Å²) in [5.41, 5.74) is 8.56. The highest BCUT2D eigenvalue weighted by Gasteiger charge is 2.32. The summed E-state index contributed by atoms with van der Waals surface area (Å²) in [7, 11) is 3.14. The fourth-order valence-corrected chi connectivity index (χ4v) is 4.05. The number of nitrogens with zero attached hydrogens (tertiary/aromatic N) is 4. The molecule has 9 heteroatoms. The summed E-state index contributed by atoms with van der Waals surface area (Å²) in [5, 5.41) is 10.1. The molecule has 172 valence electrons. The summed E-state index contributed by atoms with van der Waals surface area (Å²) >= 11 is 0. The van der Waals surface area contributed by atoms with Gasteiger partial charge in [-0.2, -0.15) is 0 Å². The molecule has 1 atom stereocenters. The maximum absolute atomic E-state index is 13.3. The molecule has 1 aliphatic rings. The van der Waals surface area contributed by atoms with Crippen molar-refractivity contribution in [1.29, 1.82) is 0 Å². The van der Waals surface area contributed by atoms with Crippen molar-refractivity contribution < 1.29 is 19.4 Å². The van der Waals surface area contributed by atoms with Crippen molar-refractivity contribution in [1.82, 2.24) is 14.9 Å². The smallest absolute Gasteiger partial charge is 0.273 e. The lowest BCUT2D eigenvalue weighted by Gasteiger charge is -2.41. The van der Waals surface area contributed by atoms with Gasteiger partial charge in [-0.25, -0.2) is 4.98 Å². The Morgan fingerprint density at radius 3 is 2.55 bits per heavy atom. The van der Waals surface area contributed by atoms with E-state index in [0.717, 1.165) is 16.8 Å². The van der Waals surface area contributed by atoms with E-state index in [-0.39, 0.29) is 18.2 Å². The summed E-state index contributed by atoms with van der Waals surface area (Å²) < 4.78 is 11.0. The molecule has 1 amide bonds. The number of aromatic nitrogens is 2. The monoisotopic (exact) mass is 449 g/mol. The number of aliphatic hydroxyl groups is 1. The van der Waals surface area contributed by atoms with E-state index in [0.29, 0.717) is 37.0 Å². The standard InChI is InChI=1S/C24H27N5O4/c1-32-21-10-19(26-12-18(21)16-6-4-3-5-7-16)24(31)29-9-8-28(14-17(29)15-30)20-13-27-23(25)11-22(20)33-2/h3-7,10-13,17,30H,8-9,14-15H2,1-2H3,(H2,25,27)/t17-/m1/s1. The fourth-order valence-electron chi connectivity index (χ4n) is 4.05. The Morgan fingerprint density at radius 1 is 1.09 bits per heavy atom. The summed E-state index contributed by atoms with van der Waals surface area (Å²) in [5.74, 6) is 1.27. The third kappa shape index (κ3) is 4.54. The van der Waals surface area contributed by atoms with Crippen LogP contribution in [-0.2, 0) is 0 Å². The lowest BCUT2D eigenvalue weighted by Crippen LogP contribution is -2.57. The molecule has 0 saturated carbocycles. The van der Waals surface area contributed by atoms with Crippen LogP contribution in [0.1, 0.15) is 10.5 Å². The highest BCUT2D eigenvalue weighted by molar-refractivity contribution is 5.94. The largest absolute Gasteiger partial charge is 0.496 e. The van der Waals surface area contributed by atoms with Crippen LogP contribution >= 0.6 is 0 Å². The molecule has 1 fully saturated rings. The summed E-state index contributed by atoms with van der Waals surface area (Å²) in [4.78, 5) is 25.6. The summed E-state index contributed by atoms with van der Waals surface area (Å²) in [6.07, 6.45) is 3.30. The van der Waals surface area contributed by atoms with Crippen LogP contribution in [0.2, 0.25) is 0 Å². The molecule has 4 rings (SSSR count). The van der Waals surface area contributed by atoms with Gasteiger partial charge >= 0.3 is 0 Å². The maximum Gasteiger partial charge on any atom is 0.273 e. The van der Waals surface area contributed by atoms with Crippen molar-refractivity contribution in [3.63, 3.8) is 0 Å². The number of carbonyl (C=O) groups excluding carboxylic acids is 1. The Hall–Kier alpha value is -3.85. The van der Waals surface area contributed by atoms with E-state index in [1.165, 1.54) is 0 Å². The molecule has 3 N–H and O–H groups in total. The number of pyridine rings is 2. The second kappa shape index (κ2) is 9.74. The Balaban J connectivity index is 1.56. The number of methoxy groups -OCH3 is 2. The highest BCUT2D eigenvalue weighted by Crippen LogP contribution is 2.32. The van der Waals surface area contributed by atoms with Crippen LogP contribution in [0.5, 0.6) is 11.5 Å². The minimum absolute atomic E-state index is 0.188. The van der Waals surface area contributed by atoms with E-state index >= 15 is 0 Å². The molecule has 0 bridgehead atoms. The molecular formula is C24H27N5O4. The number of ether oxygens (including phenoxy) is 2.